The zero-order valence-corrected chi connectivity index (χ0v) is 23.7. The largest absolute Gasteiger partial charge is 0.469 e. The lowest BCUT2D eigenvalue weighted by Gasteiger charge is -2.14. The highest BCUT2D eigenvalue weighted by Gasteiger charge is 2.21. The van der Waals surface area contributed by atoms with Gasteiger partial charge in [0, 0.05) is 32.8 Å². The molecule has 0 spiro atoms. The van der Waals surface area contributed by atoms with E-state index in [0.29, 0.717) is 40.3 Å². The summed E-state index contributed by atoms with van der Waals surface area (Å²) in [6.45, 7) is 7.50. The molecule has 9 heteroatoms. The van der Waals surface area contributed by atoms with Gasteiger partial charge >= 0.3 is 5.97 Å². The number of hydrogen-bond acceptors (Lipinski definition) is 7. The van der Waals surface area contributed by atoms with Crippen molar-refractivity contribution in [2.24, 2.45) is 0 Å². The van der Waals surface area contributed by atoms with Gasteiger partial charge in [-0.25, -0.2) is 8.42 Å². The van der Waals surface area contributed by atoms with Crippen LogP contribution in [0, 0.1) is 13.8 Å². The zero-order valence-electron chi connectivity index (χ0n) is 20.5. The van der Waals surface area contributed by atoms with Crippen LogP contribution in [-0.4, -0.2) is 45.6 Å². The molecule has 0 saturated carbocycles. The van der Waals surface area contributed by atoms with Gasteiger partial charge in [0.25, 0.3) is 0 Å². The summed E-state index contributed by atoms with van der Waals surface area (Å²) in [6.07, 6.45) is 1.62. The van der Waals surface area contributed by atoms with Gasteiger partial charge in [-0.1, -0.05) is 24.6 Å². The van der Waals surface area contributed by atoms with Crippen molar-refractivity contribution >= 4 is 60.6 Å². The maximum absolute atomic E-state index is 12.9. The smallest absolute Gasteiger partial charge is 0.305 e. The normalized spacial score (nSPS) is 12.7. The topological polar surface area (TPSA) is 72.5 Å². The molecular formula is C26H32ClNO4S3. The summed E-state index contributed by atoms with van der Waals surface area (Å²) in [6, 6.07) is 11.8. The van der Waals surface area contributed by atoms with Crippen molar-refractivity contribution in [3.05, 3.63) is 58.1 Å². The summed E-state index contributed by atoms with van der Waals surface area (Å²) >= 11 is 9.19. The Labute approximate surface area is 221 Å². The average Bonchev–Trinajstić information content (AvgIpc) is 3.14. The number of fused-ring (bicyclic) bond motifs is 1. The fraction of sp³-hybridized carbons (Fsp3) is 0.423. The third-order valence-electron chi connectivity index (χ3n) is 5.81. The van der Waals surface area contributed by atoms with Crippen molar-refractivity contribution in [3.8, 4) is 0 Å². The van der Waals surface area contributed by atoms with Crippen molar-refractivity contribution in [1.82, 2.24) is 5.32 Å². The molecule has 5 nitrogen and oxygen atoms in total. The van der Waals surface area contributed by atoms with Gasteiger partial charge in [0.2, 0.25) is 0 Å². The van der Waals surface area contributed by atoms with E-state index >= 15 is 0 Å². The SMILES string of the molecule is COC(=O)CCc1ccc(SC(C)CNCCCS(=O)(=O)c2sc3ccc(Cl)cc3c2C)cc1C. The predicted molar refractivity (Wildman–Crippen MR) is 148 cm³/mol. The van der Waals surface area contributed by atoms with Gasteiger partial charge < -0.3 is 10.1 Å². The average molecular weight is 554 g/mol. The van der Waals surface area contributed by atoms with Gasteiger partial charge in [-0.3, -0.25) is 4.79 Å². The summed E-state index contributed by atoms with van der Waals surface area (Å²) in [5.41, 5.74) is 3.11. The number of methoxy groups -OCH3 is 1. The molecule has 190 valence electrons. The highest BCUT2D eigenvalue weighted by atomic mass is 35.5. The monoisotopic (exact) mass is 553 g/mol. The number of esters is 1. The van der Waals surface area contributed by atoms with E-state index in [1.54, 1.807) is 17.8 Å². The van der Waals surface area contributed by atoms with Crippen LogP contribution in [-0.2, 0) is 25.8 Å². The first kappa shape index (κ1) is 28.0. The summed E-state index contributed by atoms with van der Waals surface area (Å²) in [5.74, 6) is -0.0750. The molecule has 3 aromatic rings. The third-order valence-corrected chi connectivity index (χ3v) is 10.9. The molecule has 1 aromatic heterocycles. The molecule has 3 rings (SSSR count). The van der Waals surface area contributed by atoms with E-state index in [4.69, 9.17) is 16.3 Å². The van der Waals surface area contributed by atoms with Crippen LogP contribution in [0.4, 0.5) is 0 Å². The Morgan fingerprint density at radius 2 is 1.97 bits per heavy atom. The van der Waals surface area contributed by atoms with Crippen molar-refractivity contribution in [3.63, 3.8) is 0 Å². The molecule has 1 heterocycles. The summed E-state index contributed by atoms with van der Waals surface area (Å²) in [4.78, 5) is 12.6. The second-order valence-electron chi connectivity index (χ2n) is 8.62. The van der Waals surface area contributed by atoms with Crippen molar-refractivity contribution in [2.45, 2.75) is 54.4 Å². The van der Waals surface area contributed by atoms with Crippen LogP contribution in [0.5, 0.6) is 0 Å². The number of sulfone groups is 1. The second-order valence-corrected chi connectivity index (χ2v) is 13.9. The Bertz CT molecular complexity index is 1290. The summed E-state index contributed by atoms with van der Waals surface area (Å²) in [5, 5.41) is 5.26. The Morgan fingerprint density at radius 1 is 1.20 bits per heavy atom. The lowest BCUT2D eigenvalue weighted by molar-refractivity contribution is -0.140. The molecule has 1 N–H and O–H groups in total. The van der Waals surface area contributed by atoms with Gasteiger partial charge in [0.05, 0.1) is 12.9 Å². The van der Waals surface area contributed by atoms with Crippen LogP contribution in [0.1, 0.15) is 36.5 Å². The Morgan fingerprint density at radius 3 is 2.69 bits per heavy atom. The maximum Gasteiger partial charge on any atom is 0.305 e. The molecule has 0 bridgehead atoms. The number of ether oxygens (including phenoxy) is 1. The van der Waals surface area contributed by atoms with Crippen molar-refractivity contribution in [2.75, 3.05) is 26.0 Å². The first-order chi connectivity index (χ1) is 16.6. The molecule has 1 atom stereocenters. The van der Waals surface area contributed by atoms with Gasteiger partial charge in [-0.05, 0) is 85.6 Å². The van der Waals surface area contributed by atoms with Crippen LogP contribution in [0.15, 0.2) is 45.5 Å². The number of carbonyl (C=O) groups excluding carboxylic acids is 1. The molecule has 0 aliphatic rings. The molecule has 0 saturated heterocycles. The Balaban J connectivity index is 1.44. The molecule has 1 unspecified atom stereocenters. The third kappa shape index (κ3) is 7.70. The molecule has 2 aromatic carbocycles. The van der Waals surface area contributed by atoms with Gasteiger partial charge in [-0.15, -0.1) is 23.1 Å². The summed E-state index contributed by atoms with van der Waals surface area (Å²) < 4.78 is 32.0. The van der Waals surface area contributed by atoms with E-state index in [1.807, 2.05) is 19.1 Å². The molecule has 35 heavy (non-hydrogen) atoms. The van der Waals surface area contributed by atoms with Crippen LogP contribution in [0.2, 0.25) is 5.02 Å². The lowest BCUT2D eigenvalue weighted by atomic mass is 10.0. The van der Waals surface area contributed by atoms with Crippen LogP contribution in [0.25, 0.3) is 10.1 Å². The van der Waals surface area contributed by atoms with E-state index in [9.17, 15) is 13.2 Å². The van der Waals surface area contributed by atoms with E-state index in [2.05, 4.69) is 37.4 Å². The number of aryl methyl sites for hydroxylation is 3. The first-order valence-corrected chi connectivity index (χ1v) is 15.3. The lowest BCUT2D eigenvalue weighted by Crippen LogP contribution is -2.25. The Kier molecular flexibility index (Phi) is 10.1. The van der Waals surface area contributed by atoms with E-state index in [-0.39, 0.29) is 11.7 Å². The molecule has 0 fully saturated rings. The Hall–Kier alpha value is -1.58. The maximum atomic E-state index is 12.9. The number of rotatable bonds is 12. The number of nitrogens with one attached hydrogen (secondary N) is 1. The minimum Gasteiger partial charge on any atom is -0.469 e. The van der Waals surface area contributed by atoms with Crippen LogP contribution in [0.3, 0.4) is 0 Å². The minimum absolute atomic E-state index is 0.120. The zero-order chi connectivity index (χ0) is 25.6. The molecule has 0 amide bonds. The van der Waals surface area contributed by atoms with E-state index < -0.39 is 9.84 Å². The number of thiophene rings is 1. The molecule has 0 aliphatic heterocycles. The minimum atomic E-state index is -3.33. The van der Waals surface area contributed by atoms with E-state index in [0.717, 1.165) is 27.8 Å². The van der Waals surface area contributed by atoms with Crippen LogP contribution < -0.4 is 5.32 Å². The second kappa shape index (κ2) is 12.6. The molecule has 0 radical (unpaired) electrons. The van der Waals surface area contributed by atoms with Gasteiger partial charge in [-0.2, -0.15) is 0 Å². The quantitative estimate of drug-likeness (QED) is 0.163. The number of thioether (sulfide) groups is 1. The fourth-order valence-corrected chi connectivity index (χ4v) is 8.35. The number of carbonyl (C=O) groups is 1. The first-order valence-electron chi connectivity index (χ1n) is 11.6. The van der Waals surface area contributed by atoms with Crippen molar-refractivity contribution < 1.29 is 17.9 Å². The number of benzene rings is 2. The summed E-state index contributed by atoms with van der Waals surface area (Å²) in [7, 11) is -1.93. The van der Waals surface area contributed by atoms with Crippen molar-refractivity contribution in [1.29, 1.82) is 0 Å². The van der Waals surface area contributed by atoms with E-state index in [1.165, 1.54) is 28.9 Å². The van der Waals surface area contributed by atoms with Gasteiger partial charge in [0.1, 0.15) is 4.21 Å². The van der Waals surface area contributed by atoms with Crippen LogP contribution >= 0.6 is 34.7 Å². The highest BCUT2D eigenvalue weighted by molar-refractivity contribution is 8.00. The standard InChI is InChI=1S/C26H32ClNO4S3/c1-17-14-22(9-6-20(17)7-11-25(29)32-4)33-18(2)16-28-12-5-13-35(30,31)26-19(3)23-15-21(27)8-10-24(23)34-26/h6,8-10,14-15,18,28H,5,7,11-13,16H2,1-4H3. The van der Waals surface area contributed by atoms with Gasteiger partial charge in [0.15, 0.2) is 9.84 Å². The number of hydrogen-bond donors (Lipinski definition) is 1. The fourth-order valence-electron chi connectivity index (χ4n) is 3.89. The highest BCUT2D eigenvalue weighted by Crippen LogP contribution is 2.36. The molecular weight excluding hydrogens is 522 g/mol. The predicted octanol–water partition coefficient (Wildman–Crippen LogP) is 6.21. The molecule has 0 aliphatic carbocycles. The number of halogens is 1.